The summed E-state index contributed by atoms with van der Waals surface area (Å²) in [5, 5.41) is 3.00. The fourth-order valence-corrected chi connectivity index (χ4v) is 4.65. The number of carbonyl (C=O) groups is 1. The van der Waals surface area contributed by atoms with E-state index in [0.29, 0.717) is 34.6 Å². The topological polar surface area (TPSA) is 76.5 Å². The summed E-state index contributed by atoms with van der Waals surface area (Å²) < 4.78 is 46.5. The highest BCUT2D eigenvalue weighted by atomic mass is 19.4. The van der Waals surface area contributed by atoms with Crippen LogP contribution in [0.25, 0.3) is 16.6 Å². The van der Waals surface area contributed by atoms with Crippen molar-refractivity contribution in [2.75, 3.05) is 31.6 Å². The minimum absolute atomic E-state index is 0.131. The summed E-state index contributed by atoms with van der Waals surface area (Å²) in [5.74, 6) is -0.118. The molecule has 0 atom stereocenters. The van der Waals surface area contributed by atoms with E-state index < -0.39 is 17.6 Å². The van der Waals surface area contributed by atoms with Crippen LogP contribution in [0.5, 0.6) is 5.75 Å². The number of likely N-dealkylation sites (tertiary alicyclic amines) is 1. The minimum Gasteiger partial charge on any atom is -0.492 e. The third kappa shape index (κ3) is 5.96. The molecule has 0 bridgehead atoms. The predicted octanol–water partition coefficient (Wildman–Crippen LogP) is 5.44. The number of hydrogen-bond acceptors (Lipinski definition) is 5. The van der Waals surface area contributed by atoms with Crippen molar-refractivity contribution in [1.29, 1.82) is 0 Å². The average molecular weight is 537 g/mol. The third-order valence-corrected chi connectivity index (χ3v) is 6.78. The number of benzene rings is 3. The lowest BCUT2D eigenvalue weighted by Crippen LogP contribution is -2.25. The standard InChI is InChI=1S/C29H27F3N4O3/c1-19-7-8-22(34-27(37)20-5-4-6-21(15-20)29(30,31)32)16-26(19)36-18-33-25-10-9-23(17-24(25)28(36)38)39-14-13-35-11-2-3-12-35/h4-10,15-18H,2-3,11-14H2,1H3,(H,34,37). The maximum absolute atomic E-state index is 13.5. The zero-order valence-electron chi connectivity index (χ0n) is 21.3. The molecule has 0 radical (unpaired) electrons. The van der Waals surface area contributed by atoms with Crippen LogP contribution < -0.4 is 15.6 Å². The number of halogens is 3. The Bertz CT molecular complexity index is 1580. The van der Waals surface area contributed by atoms with Crippen molar-refractivity contribution in [2.24, 2.45) is 0 Å². The van der Waals surface area contributed by atoms with E-state index in [1.165, 1.54) is 35.9 Å². The highest BCUT2D eigenvalue weighted by Gasteiger charge is 2.31. The molecule has 5 rings (SSSR count). The number of nitrogens with one attached hydrogen (secondary N) is 1. The summed E-state index contributed by atoms with van der Waals surface area (Å²) in [6, 6.07) is 14.3. The Kier molecular flexibility index (Phi) is 7.38. The number of fused-ring (bicyclic) bond motifs is 1. The Hall–Kier alpha value is -4.18. The van der Waals surface area contributed by atoms with Crippen LogP contribution in [0.4, 0.5) is 18.9 Å². The van der Waals surface area contributed by atoms with Gasteiger partial charge >= 0.3 is 6.18 Å². The third-order valence-electron chi connectivity index (χ3n) is 6.78. The van der Waals surface area contributed by atoms with Gasteiger partial charge in [0, 0.05) is 17.8 Å². The second-order valence-corrected chi connectivity index (χ2v) is 9.53. The molecule has 39 heavy (non-hydrogen) atoms. The van der Waals surface area contributed by atoms with Gasteiger partial charge in [0.05, 0.1) is 22.2 Å². The summed E-state index contributed by atoms with van der Waals surface area (Å²) in [5.41, 5.74) is 0.722. The van der Waals surface area contributed by atoms with Crippen molar-refractivity contribution in [3.8, 4) is 11.4 Å². The van der Waals surface area contributed by atoms with Crippen molar-refractivity contribution in [3.63, 3.8) is 0 Å². The summed E-state index contributed by atoms with van der Waals surface area (Å²) in [6.07, 6.45) is -0.733. The van der Waals surface area contributed by atoms with Gasteiger partial charge in [-0.05, 0) is 86.9 Å². The van der Waals surface area contributed by atoms with Gasteiger partial charge < -0.3 is 10.1 Å². The first kappa shape index (κ1) is 26.4. The molecule has 202 valence electrons. The Balaban J connectivity index is 1.39. The summed E-state index contributed by atoms with van der Waals surface area (Å²) in [4.78, 5) is 32.9. The molecular formula is C29H27F3N4O3. The molecule has 1 aromatic heterocycles. The molecule has 1 fully saturated rings. The molecule has 1 saturated heterocycles. The maximum Gasteiger partial charge on any atom is 0.416 e. The smallest absolute Gasteiger partial charge is 0.416 e. The summed E-state index contributed by atoms with van der Waals surface area (Å²) in [6.45, 7) is 5.31. The fourth-order valence-electron chi connectivity index (χ4n) is 4.65. The molecule has 1 aliphatic heterocycles. The van der Waals surface area contributed by atoms with Crippen molar-refractivity contribution in [1.82, 2.24) is 14.5 Å². The van der Waals surface area contributed by atoms with E-state index in [1.54, 1.807) is 36.4 Å². The predicted molar refractivity (Wildman–Crippen MR) is 143 cm³/mol. The van der Waals surface area contributed by atoms with Crippen molar-refractivity contribution in [3.05, 3.63) is 94.0 Å². The quantitative estimate of drug-likeness (QED) is 0.341. The molecule has 3 aromatic carbocycles. The van der Waals surface area contributed by atoms with Crippen molar-refractivity contribution < 1.29 is 22.7 Å². The lowest BCUT2D eigenvalue weighted by atomic mass is 10.1. The van der Waals surface area contributed by atoms with E-state index in [4.69, 9.17) is 4.74 Å². The molecule has 2 heterocycles. The van der Waals surface area contributed by atoms with Crippen LogP contribution in [0.3, 0.4) is 0 Å². The average Bonchev–Trinajstić information content (AvgIpc) is 3.44. The lowest BCUT2D eigenvalue weighted by Gasteiger charge is -2.15. The Morgan fingerprint density at radius 3 is 2.62 bits per heavy atom. The number of rotatable bonds is 7. The number of aryl methyl sites for hydroxylation is 1. The molecule has 0 saturated carbocycles. The van der Waals surface area contributed by atoms with Crippen LogP contribution in [0.2, 0.25) is 0 Å². The van der Waals surface area contributed by atoms with E-state index in [-0.39, 0.29) is 11.1 Å². The first-order chi connectivity index (χ1) is 18.7. The zero-order chi connectivity index (χ0) is 27.6. The summed E-state index contributed by atoms with van der Waals surface area (Å²) in [7, 11) is 0. The number of aromatic nitrogens is 2. The molecule has 10 heteroatoms. The molecular weight excluding hydrogens is 509 g/mol. The van der Waals surface area contributed by atoms with Gasteiger partial charge in [0.15, 0.2) is 0 Å². The minimum atomic E-state index is -4.56. The molecule has 4 aromatic rings. The molecule has 0 aliphatic carbocycles. The van der Waals surface area contributed by atoms with Gasteiger partial charge in [0.2, 0.25) is 0 Å². The monoisotopic (exact) mass is 536 g/mol. The normalized spacial score (nSPS) is 14.1. The van der Waals surface area contributed by atoms with Crippen LogP contribution in [-0.4, -0.2) is 46.6 Å². The van der Waals surface area contributed by atoms with Crippen LogP contribution in [-0.2, 0) is 6.18 Å². The van der Waals surface area contributed by atoms with Crippen molar-refractivity contribution >= 4 is 22.5 Å². The second-order valence-electron chi connectivity index (χ2n) is 9.53. The zero-order valence-corrected chi connectivity index (χ0v) is 21.3. The highest BCUT2D eigenvalue weighted by molar-refractivity contribution is 6.04. The van der Waals surface area contributed by atoms with Gasteiger partial charge in [-0.3, -0.25) is 19.1 Å². The van der Waals surface area contributed by atoms with E-state index in [1.807, 2.05) is 6.92 Å². The molecule has 0 spiro atoms. The maximum atomic E-state index is 13.5. The lowest BCUT2D eigenvalue weighted by molar-refractivity contribution is -0.137. The van der Waals surface area contributed by atoms with E-state index in [0.717, 1.165) is 37.3 Å². The SMILES string of the molecule is Cc1ccc(NC(=O)c2cccc(C(F)(F)F)c2)cc1-n1cnc2ccc(OCCN3CCCC3)cc2c1=O. The van der Waals surface area contributed by atoms with Gasteiger partial charge in [-0.1, -0.05) is 12.1 Å². The van der Waals surface area contributed by atoms with Gasteiger partial charge in [-0.2, -0.15) is 13.2 Å². The number of anilines is 1. The number of amides is 1. The van der Waals surface area contributed by atoms with Gasteiger partial charge in [0.25, 0.3) is 11.5 Å². The van der Waals surface area contributed by atoms with E-state index in [2.05, 4.69) is 15.2 Å². The fraction of sp³-hybridized carbons (Fsp3) is 0.276. The molecule has 0 unspecified atom stereocenters. The first-order valence-electron chi connectivity index (χ1n) is 12.7. The van der Waals surface area contributed by atoms with Crippen LogP contribution in [0, 0.1) is 6.92 Å². The number of ether oxygens (including phenoxy) is 1. The van der Waals surface area contributed by atoms with Gasteiger partial charge in [-0.15, -0.1) is 0 Å². The van der Waals surface area contributed by atoms with E-state index in [9.17, 15) is 22.8 Å². The largest absolute Gasteiger partial charge is 0.492 e. The molecule has 7 nitrogen and oxygen atoms in total. The van der Waals surface area contributed by atoms with Crippen LogP contribution >= 0.6 is 0 Å². The summed E-state index contributed by atoms with van der Waals surface area (Å²) >= 11 is 0. The molecule has 1 N–H and O–H groups in total. The number of hydrogen-bond donors (Lipinski definition) is 1. The number of carbonyl (C=O) groups excluding carboxylic acids is 1. The Morgan fingerprint density at radius 1 is 1.05 bits per heavy atom. The number of nitrogens with zero attached hydrogens (tertiary/aromatic N) is 3. The van der Waals surface area contributed by atoms with Crippen molar-refractivity contribution in [2.45, 2.75) is 25.9 Å². The van der Waals surface area contributed by atoms with Gasteiger partial charge in [0.1, 0.15) is 18.7 Å². The number of alkyl halides is 3. The van der Waals surface area contributed by atoms with Gasteiger partial charge in [-0.25, -0.2) is 4.98 Å². The Labute approximate surface area is 222 Å². The van der Waals surface area contributed by atoms with E-state index >= 15 is 0 Å². The first-order valence-corrected chi connectivity index (χ1v) is 12.7. The Morgan fingerprint density at radius 2 is 1.85 bits per heavy atom. The second kappa shape index (κ2) is 10.9. The molecule has 1 aliphatic rings. The molecule has 1 amide bonds. The van der Waals surface area contributed by atoms with Crippen LogP contribution in [0.1, 0.15) is 34.3 Å². The highest BCUT2D eigenvalue weighted by Crippen LogP contribution is 2.30. The van der Waals surface area contributed by atoms with Crippen LogP contribution in [0.15, 0.2) is 71.8 Å².